The van der Waals surface area contributed by atoms with Crippen LogP contribution in [0.25, 0.3) is 0 Å². The largest absolute Gasteiger partial charge is 0.308 e. The summed E-state index contributed by atoms with van der Waals surface area (Å²) in [5, 5.41) is 0. The van der Waals surface area contributed by atoms with Crippen LogP contribution in [-0.4, -0.2) is 37.4 Å². The van der Waals surface area contributed by atoms with E-state index in [0.29, 0.717) is 36.3 Å². The fourth-order valence-electron chi connectivity index (χ4n) is 7.16. The molecule has 6 nitrogen and oxygen atoms in total. The second kappa shape index (κ2) is 21.3. The molecule has 0 saturated heterocycles. The number of hydrogen-bond acceptors (Lipinski definition) is 3. The van der Waals surface area contributed by atoms with E-state index in [-0.39, 0.29) is 17.7 Å². The van der Waals surface area contributed by atoms with Gasteiger partial charge >= 0.3 is 0 Å². The van der Waals surface area contributed by atoms with E-state index in [1.807, 2.05) is 160 Å². The van der Waals surface area contributed by atoms with E-state index < -0.39 is 0 Å². The Labute approximate surface area is 372 Å². The number of rotatable bonds is 9. The SMILES string of the molecule is CCCCN1C(=O)c2ccc(cc2)C#Cc2ccc(cc2)N(CCCC)C(=O)c2ccc(cc2)C#Cc2ccc(cc2)N(CCCC)C(=O)c2ccc(cc2)C#Cc2ccc1cc2. The first-order valence-electron chi connectivity index (χ1n) is 22.0. The lowest BCUT2D eigenvalue weighted by molar-refractivity contribution is 0.0978. The average Bonchev–Trinajstić information content (AvgIpc) is 3.33. The van der Waals surface area contributed by atoms with Crippen molar-refractivity contribution in [3.05, 3.63) is 196 Å². The van der Waals surface area contributed by atoms with Crippen LogP contribution in [0, 0.1) is 35.5 Å². The highest BCUT2D eigenvalue weighted by atomic mass is 16.2. The van der Waals surface area contributed by atoms with Crippen LogP contribution in [0.2, 0.25) is 0 Å². The van der Waals surface area contributed by atoms with Crippen LogP contribution in [0.4, 0.5) is 17.1 Å². The van der Waals surface area contributed by atoms with Crippen molar-refractivity contribution in [2.45, 2.75) is 59.3 Å². The van der Waals surface area contributed by atoms with Crippen LogP contribution in [0.3, 0.4) is 0 Å². The number of amides is 3. The molecule has 16 rings (SSSR count). The van der Waals surface area contributed by atoms with Gasteiger partial charge in [0.25, 0.3) is 17.7 Å². The molecule has 0 aliphatic carbocycles. The molecule has 10 aliphatic heterocycles. The number of anilines is 3. The summed E-state index contributed by atoms with van der Waals surface area (Å²) in [7, 11) is 0. The van der Waals surface area contributed by atoms with E-state index in [0.717, 1.165) is 89.0 Å². The molecule has 63 heavy (non-hydrogen) atoms. The molecule has 0 atom stereocenters. The van der Waals surface area contributed by atoms with Crippen molar-refractivity contribution in [1.82, 2.24) is 0 Å². The minimum atomic E-state index is -0.0766. The van der Waals surface area contributed by atoms with Gasteiger partial charge in [-0.2, -0.15) is 0 Å². The number of hydrogen-bond donors (Lipinski definition) is 0. The summed E-state index contributed by atoms with van der Waals surface area (Å²) in [5.74, 6) is 19.2. The first-order chi connectivity index (χ1) is 30.8. The molecule has 6 heteroatoms. The molecule has 6 aromatic carbocycles. The highest BCUT2D eigenvalue weighted by Crippen LogP contribution is 2.23. The van der Waals surface area contributed by atoms with Gasteiger partial charge in [0.1, 0.15) is 0 Å². The molecule has 0 aromatic heterocycles. The van der Waals surface area contributed by atoms with E-state index in [1.54, 1.807) is 0 Å². The Morgan fingerprint density at radius 3 is 0.683 bits per heavy atom. The molecule has 0 unspecified atom stereocenters. The maximum absolute atomic E-state index is 13.9. The summed E-state index contributed by atoms with van der Waals surface area (Å²) in [6.45, 7) is 8.11. The van der Waals surface area contributed by atoms with Crippen LogP contribution in [-0.2, 0) is 0 Å². The molecule has 10 heterocycles. The Bertz CT molecular complexity index is 2410. The Kier molecular flexibility index (Phi) is 14.7. The average molecular weight is 826 g/mol. The molecule has 3 amide bonds. The number of nitrogens with zero attached hydrogens (tertiary/aromatic N) is 3. The zero-order valence-corrected chi connectivity index (χ0v) is 36.3. The smallest absolute Gasteiger partial charge is 0.258 e. The van der Waals surface area contributed by atoms with Gasteiger partial charge in [0.05, 0.1) is 0 Å². The fraction of sp³-hybridized carbons (Fsp3) is 0.211. The first kappa shape index (κ1) is 43.5. The zero-order valence-electron chi connectivity index (χ0n) is 36.3. The van der Waals surface area contributed by atoms with Crippen molar-refractivity contribution in [3.8, 4) is 35.5 Å². The van der Waals surface area contributed by atoms with E-state index in [2.05, 4.69) is 56.3 Å². The molecular formula is C57H51N3O3. The minimum absolute atomic E-state index is 0.0766. The summed E-state index contributed by atoms with van der Waals surface area (Å²) in [6, 6.07) is 45.5. The predicted molar refractivity (Wildman–Crippen MR) is 256 cm³/mol. The highest BCUT2D eigenvalue weighted by molar-refractivity contribution is 6.07. The van der Waals surface area contributed by atoms with Crippen molar-refractivity contribution in [2.75, 3.05) is 34.3 Å². The quantitative estimate of drug-likeness (QED) is 0.136. The third kappa shape index (κ3) is 11.2. The topological polar surface area (TPSA) is 60.9 Å². The maximum Gasteiger partial charge on any atom is 0.258 e. The summed E-state index contributed by atoms with van der Waals surface area (Å²) in [6.07, 6.45) is 5.45. The Morgan fingerprint density at radius 2 is 0.492 bits per heavy atom. The van der Waals surface area contributed by atoms with Crippen molar-refractivity contribution < 1.29 is 14.4 Å². The van der Waals surface area contributed by atoms with Crippen molar-refractivity contribution in [1.29, 1.82) is 0 Å². The molecule has 0 fully saturated rings. The number of carbonyl (C=O) groups is 3. The molecule has 6 aromatic rings. The molecule has 0 N–H and O–H groups in total. The van der Waals surface area contributed by atoms with Crippen LogP contribution in [0.5, 0.6) is 0 Å². The summed E-state index contributed by atoms with van der Waals surface area (Å²) >= 11 is 0. The predicted octanol–water partition coefficient (Wildman–Crippen LogP) is 11.5. The van der Waals surface area contributed by atoms with Gasteiger partial charge < -0.3 is 14.7 Å². The lowest BCUT2D eigenvalue weighted by atomic mass is 10.1. The van der Waals surface area contributed by atoms with E-state index in [9.17, 15) is 14.4 Å². The van der Waals surface area contributed by atoms with Gasteiger partial charge in [-0.05, 0) is 165 Å². The molecule has 10 aliphatic rings. The van der Waals surface area contributed by atoms with Gasteiger partial charge in [-0.25, -0.2) is 0 Å². The lowest BCUT2D eigenvalue weighted by Crippen LogP contribution is -2.31. The van der Waals surface area contributed by atoms with Crippen molar-refractivity contribution in [2.24, 2.45) is 0 Å². The van der Waals surface area contributed by atoms with E-state index in [4.69, 9.17) is 0 Å². The standard InChI is InChI=1S/C57H51N3O3/c1-4-7-40-58-52-34-22-46(23-35-52)13-10-44-18-30-50(31-19-44)56(62)60(42-9-6-3)54-38-26-48(27-39-54)15-12-45-20-32-51(33-21-45)57(63)59(41-8-5-2)53-36-24-47(25-37-53)14-11-43-16-28-49(29-17-43)55(58)61/h16-39H,4-9,40-42H2,1-3H3. The third-order valence-corrected chi connectivity index (χ3v) is 10.9. The number of benzene rings is 6. The van der Waals surface area contributed by atoms with Crippen LogP contribution < -0.4 is 14.7 Å². The van der Waals surface area contributed by atoms with Gasteiger partial charge in [0, 0.05) is 86.8 Å². The molecule has 0 radical (unpaired) electrons. The van der Waals surface area contributed by atoms with Gasteiger partial charge in [-0.3, -0.25) is 14.4 Å². The van der Waals surface area contributed by atoms with Crippen molar-refractivity contribution in [3.63, 3.8) is 0 Å². The number of unbranched alkanes of at least 4 members (excludes halogenated alkanes) is 3. The van der Waals surface area contributed by atoms with Crippen LogP contribution >= 0.6 is 0 Å². The second-order valence-corrected chi connectivity index (χ2v) is 15.6. The second-order valence-electron chi connectivity index (χ2n) is 15.6. The third-order valence-electron chi connectivity index (χ3n) is 10.9. The summed E-state index contributed by atoms with van der Waals surface area (Å²) in [5.41, 5.74) is 9.02. The summed E-state index contributed by atoms with van der Waals surface area (Å²) < 4.78 is 0. The highest BCUT2D eigenvalue weighted by Gasteiger charge is 2.20. The van der Waals surface area contributed by atoms with Gasteiger partial charge in [0.15, 0.2) is 0 Å². The molecule has 312 valence electrons. The maximum atomic E-state index is 13.9. The molecular weight excluding hydrogens is 775 g/mol. The molecule has 0 saturated carbocycles. The first-order valence-corrected chi connectivity index (χ1v) is 22.0. The van der Waals surface area contributed by atoms with Gasteiger partial charge in [-0.1, -0.05) is 75.6 Å². The lowest BCUT2D eigenvalue weighted by Gasteiger charge is -2.23. The Morgan fingerprint density at radius 1 is 0.302 bits per heavy atom. The van der Waals surface area contributed by atoms with Crippen LogP contribution in [0.1, 0.15) is 124 Å². The van der Waals surface area contributed by atoms with Gasteiger partial charge in [-0.15, -0.1) is 0 Å². The van der Waals surface area contributed by atoms with Gasteiger partial charge in [0.2, 0.25) is 0 Å². The normalized spacial score (nSPS) is 12.6. The summed E-state index contributed by atoms with van der Waals surface area (Å²) in [4.78, 5) is 47.2. The Hall–Kier alpha value is -7.59. The van der Waals surface area contributed by atoms with Crippen molar-refractivity contribution >= 4 is 34.8 Å². The Balaban J connectivity index is 1.22. The monoisotopic (exact) mass is 825 g/mol. The minimum Gasteiger partial charge on any atom is -0.308 e. The molecule has 12 bridgehead atoms. The molecule has 0 spiro atoms. The van der Waals surface area contributed by atoms with E-state index >= 15 is 0 Å². The van der Waals surface area contributed by atoms with E-state index in [1.165, 1.54) is 0 Å². The zero-order chi connectivity index (χ0) is 44.0. The number of carbonyl (C=O) groups excluding carboxylic acids is 3. The fourth-order valence-corrected chi connectivity index (χ4v) is 7.16. The van der Waals surface area contributed by atoms with Crippen LogP contribution in [0.15, 0.2) is 146 Å².